The van der Waals surface area contributed by atoms with Crippen molar-refractivity contribution in [3.05, 3.63) is 48.3 Å². The summed E-state index contributed by atoms with van der Waals surface area (Å²) < 4.78 is 6.35. The summed E-state index contributed by atoms with van der Waals surface area (Å²) >= 11 is 0. The van der Waals surface area contributed by atoms with Gasteiger partial charge in [-0.05, 0) is 19.1 Å². The second-order valence-electron chi connectivity index (χ2n) is 5.42. The quantitative estimate of drug-likeness (QED) is 0.719. The van der Waals surface area contributed by atoms with Crippen molar-refractivity contribution in [2.45, 2.75) is 13.5 Å². The Morgan fingerprint density at radius 2 is 2.08 bits per heavy atom. The van der Waals surface area contributed by atoms with Crippen LogP contribution in [0.25, 0.3) is 22.2 Å². The molecule has 25 heavy (non-hydrogen) atoms. The lowest BCUT2D eigenvalue weighted by Gasteiger charge is -2.09. The predicted molar refractivity (Wildman–Crippen MR) is 93.0 cm³/mol. The van der Waals surface area contributed by atoms with E-state index in [9.17, 15) is 9.59 Å². The van der Waals surface area contributed by atoms with Crippen molar-refractivity contribution in [3.63, 3.8) is 0 Å². The lowest BCUT2D eigenvalue weighted by Crippen LogP contribution is -2.30. The van der Waals surface area contributed by atoms with Crippen molar-refractivity contribution in [1.29, 1.82) is 0 Å². The third kappa shape index (κ3) is 3.50. The van der Waals surface area contributed by atoms with Gasteiger partial charge in [-0.15, -0.1) is 0 Å². The van der Waals surface area contributed by atoms with Crippen LogP contribution in [0.1, 0.15) is 17.3 Å². The molecule has 0 bridgehead atoms. The lowest BCUT2D eigenvalue weighted by atomic mass is 10.0. The summed E-state index contributed by atoms with van der Waals surface area (Å²) in [4.78, 5) is 28.5. The maximum atomic E-state index is 12.6. The van der Waals surface area contributed by atoms with Crippen molar-refractivity contribution in [2.75, 3.05) is 13.7 Å². The highest BCUT2D eigenvalue weighted by molar-refractivity contribution is 6.07. The molecule has 7 heteroatoms. The van der Waals surface area contributed by atoms with E-state index in [1.165, 1.54) is 7.11 Å². The number of methoxy groups -OCH3 is 1. The van der Waals surface area contributed by atoms with Crippen LogP contribution in [0.5, 0.6) is 0 Å². The molecular formula is C18H18N4O3. The molecule has 1 N–H and O–H groups in total. The average molecular weight is 338 g/mol. The molecule has 0 aliphatic heterocycles. The topological polar surface area (TPSA) is 86.1 Å². The lowest BCUT2D eigenvalue weighted by molar-refractivity contribution is -0.139. The van der Waals surface area contributed by atoms with Gasteiger partial charge in [0.15, 0.2) is 0 Å². The number of esters is 1. The van der Waals surface area contributed by atoms with Gasteiger partial charge in [-0.3, -0.25) is 14.3 Å². The number of carbonyl (C=O) groups excluding carboxylic acids is 2. The first-order valence-corrected chi connectivity index (χ1v) is 7.90. The highest BCUT2D eigenvalue weighted by Crippen LogP contribution is 2.24. The van der Waals surface area contributed by atoms with Crippen molar-refractivity contribution in [3.8, 4) is 11.3 Å². The van der Waals surface area contributed by atoms with Gasteiger partial charge in [-0.2, -0.15) is 5.10 Å². The Hall–Kier alpha value is -3.22. The fourth-order valence-electron chi connectivity index (χ4n) is 2.50. The minimum atomic E-state index is -0.504. The van der Waals surface area contributed by atoms with Crippen molar-refractivity contribution >= 4 is 22.8 Å². The number of aryl methyl sites for hydroxylation is 1. The molecule has 0 saturated carbocycles. The number of nitrogens with one attached hydrogen (secondary N) is 1. The molecule has 1 amide bonds. The summed E-state index contributed by atoms with van der Waals surface area (Å²) in [5, 5.41) is 7.54. The molecule has 0 spiro atoms. The van der Waals surface area contributed by atoms with Gasteiger partial charge in [0, 0.05) is 23.7 Å². The second kappa shape index (κ2) is 7.12. The van der Waals surface area contributed by atoms with E-state index < -0.39 is 5.97 Å². The van der Waals surface area contributed by atoms with E-state index in [-0.39, 0.29) is 12.5 Å². The Morgan fingerprint density at radius 3 is 2.80 bits per heavy atom. The fourth-order valence-corrected chi connectivity index (χ4v) is 2.50. The number of hydrogen-bond acceptors (Lipinski definition) is 5. The molecular weight excluding hydrogens is 320 g/mol. The largest absolute Gasteiger partial charge is 0.468 e. The molecule has 0 unspecified atom stereocenters. The second-order valence-corrected chi connectivity index (χ2v) is 5.42. The highest BCUT2D eigenvalue weighted by atomic mass is 16.5. The van der Waals surface area contributed by atoms with Crippen molar-refractivity contribution in [2.24, 2.45) is 0 Å². The van der Waals surface area contributed by atoms with Crippen LogP contribution in [0.15, 0.2) is 42.7 Å². The van der Waals surface area contributed by atoms with Gasteiger partial charge in [-0.1, -0.05) is 18.2 Å². The fraction of sp³-hybridized carbons (Fsp3) is 0.222. The number of pyridine rings is 1. The van der Waals surface area contributed by atoms with Crippen LogP contribution in [0.3, 0.4) is 0 Å². The predicted octanol–water partition coefficient (Wildman–Crippen LogP) is 2.02. The SMILES string of the molecule is CCn1cc(-c2cc(C(=O)NCC(=O)OC)c3ccccc3n2)cn1. The van der Waals surface area contributed by atoms with Gasteiger partial charge in [0.05, 0.1) is 30.1 Å². The molecule has 0 radical (unpaired) electrons. The molecule has 2 heterocycles. The molecule has 0 saturated heterocycles. The zero-order chi connectivity index (χ0) is 17.8. The zero-order valence-electron chi connectivity index (χ0n) is 14.0. The molecule has 0 fully saturated rings. The number of rotatable bonds is 5. The number of ether oxygens (including phenoxy) is 1. The van der Waals surface area contributed by atoms with Crippen LogP contribution in [-0.4, -0.2) is 40.3 Å². The standard InChI is InChI=1S/C18H18N4O3/c1-3-22-11-12(9-20-22)16-8-14(18(24)19-10-17(23)25-2)13-6-4-5-7-15(13)21-16/h4-9,11H,3,10H2,1-2H3,(H,19,24). The van der Waals surface area contributed by atoms with E-state index >= 15 is 0 Å². The molecule has 0 aliphatic rings. The van der Waals surface area contributed by atoms with E-state index in [2.05, 4.69) is 20.1 Å². The van der Waals surface area contributed by atoms with Crippen LogP contribution < -0.4 is 5.32 Å². The van der Waals surface area contributed by atoms with Crippen LogP contribution in [-0.2, 0) is 16.1 Å². The van der Waals surface area contributed by atoms with E-state index in [1.54, 1.807) is 16.9 Å². The maximum Gasteiger partial charge on any atom is 0.325 e. The molecule has 0 atom stereocenters. The number of carbonyl (C=O) groups is 2. The smallest absolute Gasteiger partial charge is 0.325 e. The summed E-state index contributed by atoms with van der Waals surface area (Å²) in [6.45, 7) is 2.56. The third-order valence-electron chi connectivity index (χ3n) is 3.83. The Morgan fingerprint density at radius 1 is 1.28 bits per heavy atom. The average Bonchev–Trinajstić information content (AvgIpc) is 3.14. The molecule has 0 aliphatic carbocycles. The van der Waals surface area contributed by atoms with Gasteiger partial charge >= 0.3 is 5.97 Å². The van der Waals surface area contributed by atoms with E-state index in [0.717, 1.165) is 17.5 Å². The Balaban J connectivity index is 2.03. The minimum absolute atomic E-state index is 0.185. The molecule has 2 aromatic heterocycles. The summed E-state index contributed by atoms with van der Waals surface area (Å²) in [5.74, 6) is -0.857. The van der Waals surface area contributed by atoms with Gasteiger partial charge in [0.25, 0.3) is 5.91 Å². The molecule has 1 aromatic carbocycles. The van der Waals surface area contributed by atoms with Crippen molar-refractivity contribution < 1.29 is 14.3 Å². The monoisotopic (exact) mass is 338 g/mol. The van der Waals surface area contributed by atoms with Crippen LogP contribution in [0.2, 0.25) is 0 Å². The normalized spacial score (nSPS) is 10.6. The van der Waals surface area contributed by atoms with E-state index in [1.807, 2.05) is 37.4 Å². The summed E-state index contributed by atoms with van der Waals surface area (Å²) in [5.41, 5.74) is 2.64. The first-order chi connectivity index (χ1) is 12.1. The van der Waals surface area contributed by atoms with E-state index in [0.29, 0.717) is 16.8 Å². The number of benzene rings is 1. The van der Waals surface area contributed by atoms with Crippen LogP contribution in [0, 0.1) is 0 Å². The molecule has 3 aromatic rings. The number of fused-ring (bicyclic) bond motifs is 1. The first-order valence-electron chi connectivity index (χ1n) is 7.90. The van der Waals surface area contributed by atoms with Crippen LogP contribution in [0.4, 0.5) is 0 Å². The maximum absolute atomic E-state index is 12.6. The van der Waals surface area contributed by atoms with Crippen molar-refractivity contribution in [1.82, 2.24) is 20.1 Å². The zero-order valence-corrected chi connectivity index (χ0v) is 14.0. The summed E-state index contributed by atoms with van der Waals surface area (Å²) in [6, 6.07) is 9.10. The van der Waals surface area contributed by atoms with Gasteiger partial charge < -0.3 is 10.1 Å². The Kier molecular flexibility index (Phi) is 4.74. The minimum Gasteiger partial charge on any atom is -0.468 e. The summed E-state index contributed by atoms with van der Waals surface area (Å²) in [6.07, 6.45) is 3.60. The molecule has 128 valence electrons. The number of para-hydroxylation sites is 1. The number of amides is 1. The molecule has 7 nitrogen and oxygen atoms in total. The first kappa shape index (κ1) is 16.6. The highest BCUT2D eigenvalue weighted by Gasteiger charge is 2.15. The molecule has 3 rings (SSSR count). The Bertz CT molecular complexity index is 933. The van der Waals surface area contributed by atoms with Crippen LogP contribution >= 0.6 is 0 Å². The summed E-state index contributed by atoms with van der Waals surface area (Å²) in [7, 11) is 1.28. The number of aromatic nitrogens is 3. The van der Waals surface area contributed by atoms with Gasteiger partial charge in [0.1, 0.15) is 6.54 Å². The number of hydrogen-bond donors (Lipinski definition) is 1. The van der Waals surface area contributed by atoms with E-state index in [4.69, 9.17) is 0 Å². The number of nitrogens with zero attached hydrogens (tertiary/aromatic N) is 3. The van der Waals surface area contributed by atoms with Gasteiger partial charge in [-0.25, -0.2) is 4.98 Å². The third-order valence-corrected chi connectivity index (χ3v) is 3.83. The Labute approximate surface area is 144 Å². The van der Waals surface area contributed by atoms with Gasteiger partial charge in [0.2, 0.25) is 0 Å².